The molecule has 1 aromatic rings. The van der Waals surface area contributed by atoms with Crippen molar-refractivity contribution in [3.05, 3.63) is 30.1 Å². The van der Waals surface area contributed by atoms with Gasteiger partial charge in [0.05, 0.1) is 0 Å². The summed E-state index contributed by atoms with van der Waals surface area (Å²) in [6, 6.07) is 5.89. The van der Waals surface area contributed by atoms with Crippen molar-refractivity contribution in [2.75, 3.05) is 18.0 Å². The molecule has 0 saturated heterocycles. The average molecular weight is 278 g/mol. The average Bonchev–Trinajstić information content (AvgIpc) is 2.32. The van der Waals surface area contributed by atoms with Crippen LogP contribution in [0.5, 0.6) is 0 Å². The van der Waals surface area contributed by atoms with E-state index in [9.17, 15) is 14.0 Å². The molecule has 0 bridgehead atoms. The number of nitrogens with one attached hydrogen (secondary N) is 1. The largest absolute Gasteiger partial charge is 0.354 e. The summed E-state index contributed by atoms with van der Waals surface area (Å²) in [6.45, 7) is 2.15. The van der Waals surface area contributed by atoms with Crippen molar-refractivity contribution in [1.29, 1.82) is 0 Å². The third-order valence-electron chi connectivity index (χ3n) is 3.61. The summed E-state index contributed by atoms with van der Waals surface area (Å²) < 4.78 is 13.2. The quantitative estimate of drug-likeness (QED) is 0.896. The molecule has 1 fully saturated rings. The van der Waals surface area contributed by atoms with E-state index in [2.05, 4.69) is 5.32 Å². The van der Waals surface area contributed by atoms with Crippen molar-refractivity contribution in [2.24, 2.45) is 5.92 Å². The summed E-state index contributed by atoms with van der Waals surface area (Å²) in [4.78, 5) is 24.8. The maximum absolute atomic E-state index is 13.2. The van der Waals surface area contributed by atoms with Gasteiger partial charge in [0.2, 0.25) is 11.8 Å². The predicted molar refractivity (Wildman–Crippen MR) is 74.8 cm³/mol. The Morgan fingerprint density at radius 2 is 2.15 bits per heavy atom. The van der Waals surface area contributed by atoms with Gasteiger partial charge < -0.3 is 10.2 Å². The monoisotopic (exact) mass is 278 g/mol. The number of rotatable bonds is 5. The molecule has 1 aliphatic carbocycles. The number of hydrogen-bond donors (Lipinski definition) is 1. The minimum atomic E-state index is -0.382. The van der Waals surface area contributed by atoms with Gasteiger partial charge in [0.25, 0.3) is 0 Å². The van der Waals surface area contributed by atoms with Gasteiger partial charge in [0, 0.05) is 31.6 Å². The smallest absolute Gasteiger partial charge is 0.223 e. The van der Waals surface area contributed by atoms with Crippen LogP contribution in [0.2, 0.25) is 0 Å². The van der Waals surface area contributed by atoms with Crippen LogP contribution in [0.25, 0.3) is 0 Å². The second kappa shape index (κ2) is 6.50. The Morgan fingerprint density at radius 3 is 2.70 bits per heavy atom. The lowest BCUT2D eigenvalue weighted by Gasteiger charge is -2.25. The number of carbonyl (C=O) groups is 2. The summed E-state index contributed by atoms with van der Waals surface area (Å²) in [5.74, 6) is -0.366. The van der Waals surface area contributed by atoms with Crippen LogP contribution in [0.1, 0.15) is 26.2 Å². The molecule has 2 rings (SSSR count). The zero-order chi connectivity index (χ0) is 14.5. The first kappa shape index (κ1) is 14.5. The minimum Gasteiger partial charge on any atom is -0.354 e. The second-order valence-corrected chi connectivity index (χ2v) is 5.07. The second-order valence-electron chi connectivity index (χ2n) is 5.07. The molecule has 1 aliphatic rings. The highest BCUT2D eigenvalue weighted by molar-refractivity contribution is 5.91. The Kier molecular flexibility index (Phi) is 4.71. The van der Waals surface area contributed by atoms with E-state index in [0.717, 1.165) is 19.3 Å². The first-order valence-electron chi connectivity index (χ1n) is 6.89. The van der Waals surface area contributed by atoms with Crippen LogP contribution < -0.4 is 10.2 Å². The fraction of sp³-hybridized carbons (Fsp3) is 0.467. The fourth-order valence-corrected chi connectivity index (χ4v) is 2.22. The summed E-state index contributed by atoms with van der Waals surface area (Å²) in [5.41, 5.74) is 0.510. The highest BCUT2D eigenvalue weighted by atomic mass is 19.1. The number of hydrogen-bond acceptors (Lipinski definition) is 2. The topological polar surface area (TPSA) is 49.4 Å². The predicted octanol–water partition coefficient (Wildman–Crippen LogP) is 2.09. The molecule has 0 aromatic heterocycles. The van der Waals surface area contributed by atoms with E-state index in [1.807, 2.05) is 0 Å². The van der Waals surface area contributed by atoms with Crippen LogP contribution in [-0.4, -0.2) is 24.9 Å². The number of amides is 2. The zero-order valence-electron chi connectivity index (χ0n) is 11.6. The molecule has 1 N–H and O–H groups in total. The molecule has 1 aromatic carbocycles. The first-order chi connectivity index (χ1) is 9.58. The van der Waals surface area contributed by atoms with Gasteiger partial charge in [0.15, 0.2) is 0 Å². The van der Waals surface area contributed by atoms with Gasteiger partial charge in [0.1, 0.15) is 5.82 Å². The highest BCUT2D eigenvalue weighted by Gasteiger charge is 2.24. The third-order valence-corrected chi connectivity index (χ3v) is 3.61. The van der Waals surface area contributed by atoms with Gasteiger partial charge in [-0.05, 0) is 31.0 Å². The number of halogens is 1. The maximum atomic E-state index is 13.2. The molecule has 2 amide bonds. The molecular weight excluding hydrogens is 259 g/mol. The van der Waals surface area contributed by atoms with E-state index in [1.54, 1.807) is 12.1 Å². The van der Waals surface area contributed by atoms with E-state index in [-0.39, 0.29) is 23.5 Å². The Balaban J connectivity index is 1.89. The number of nitrogens with zero attached hydrogens (tertiary/aromatic N) is 1. The molecule has 0 atom stereocenters. The van der Waals surface area contributed by atoms with Gasteiger partial charge in [-0.25, -0.2) is 4.39 Å². The Bertz CT molecular complexity index is 500. The number of carbonyl (C=O) groups excluding carboxylic acids is 2. The van der Waals surface area contributed by atoms with Crippen molar-refractivity contribution in [2.45, 2.75) is 26.2 Å². The molecule has 0 unspecified atom stereocenters. The van der Waals surface area contributed by atoms with Crippen LogP contribution in [0.3, 0.4) is 0 Å². The van der Waals surface area contributed by atoms with E-state index < -0.39 is 0 Å². The summed E-state index contributed by atoms with van der Waals surface area (Å²) in [5, 5.41) is 2.83. The molecule has 0 aliphatic heterocycles. The van der Waals surface area contributed by atoms with E-state index in [4.69, 9.17) is 0 Å². The Morgan fingerprint density at radius 1 is 1.40 bits per heavy atom. The van der Waals surface area contributed by atoms with Crippen LogP contribution in [0.4, 0.5) is 10.1 Å². The molecule has 0 heterocycles. The Labute approximate surface area is 118 Å². The lowest BCUT2D eigenvalue weighted by Crippen LogP contribution is -2.41. The van der Waals surface area contributed by atoms with Crippen molar-refractivity contribution in [3.8, 4) is 0 Å². The number of benzene rings is 1. The number of anilines is 1. The summed E-state index contributed by atoms with van der Waals surface area (Å²) in [6.07, 6.45) is 3.01. The van der Waals surface area contributed by atoms with Crippen molar-refractivity contribution >= 4 is 17.5 Å². The minimum absolute atomic E-state index is 0.0546. The van der Waals surface area contributed by atoms with Crippen molar-refractivity contribution < 1.29 is 14.0 Å². The van der Waals surface area contributed by atoms with Gasteiger partial charge >= 0.3 is 0 Å². The van der Waals surface area contributed by atoms with Gasteiger partial charge in [-0.15, -0.1) is 0 Å². The first-order valence-corrected chi connectivity index (χ1v) is 6.89. The van der Waals surface area contributed by atoms with E-state index in [0.29, 0.717) is 18.8 Å². The molecular formula is C15H19FN2O2. The van der Waals surface area contributed by atoms with Crippen LogP contribution in [-0.2, 0) is 9.59 Å². The molecule has 20 heavy (non-hydrogen) atoms. The molecule has 1 saturated carbocycles. The lowest BCUT2D eigenvalue weighted by molar-refractivity contribution is -0.127. The molecule has 108 valence electrons. The molecule has 0 radical (unpaired) electrons. The van der Waals surface area contributed by atoms with Crippen molar-refractivity contribution in [3.63, 3.8) is 0 Å². The third kappa shape index (κ3) is 3.56. The van der Waals surface area contributed by atoms with Crippen LogP contribution >= 0.6 is 0 Å². The fourth-order valence-electron chi connectivity index (χ4n) is 2.22. The standard InChI is InChI=1S/C15H19FN2O2/c1-11(19)18(14-7-3-6-13(16)10-14)9-8-17-15(20)12-4-2-5-12/h3,6-7,10,12H,2,4-5,8-9H2,1H3,(H,17,20). The zero-order valence-corrected chi connectivity index (χ0v) is 11.6. The van der Waals surface area contributed by atoms with E-state index in [1.165, 1.54) is 24.0 Å². The van der Waals surface area contributed by atoms with Gasteiger partial charge in [-0.2, -0.15) is 0 Å². The van der Waals surface area contributed by atoms with Gasteiger partial charge in [-0.1, -0.05) is 12.5 Å². The SMILES string of the molecule is CC(=O)N(CCNC(=O)C1CCC1)c1cccc(F)c1. The summed E-state index contributed by atoms with van der Waals surface area (Å²) in [7, 11) is 0. The molecule has 0 spiro atoms. The van der Waals surface area contributed by atoms with Crippen molar-refractivity contribution in [1.82, 2.24) is 5.32 Å². The Hall–Kier alpha value is -1.91. The van der Waals surface area contributed by atoms with E-state index >= 15 is 0 Å². The molecule has 4 nitrogen and oxygen atoms in total. The van der Waals surface area contributed by atoms with Gasteiger partial charge in [-0.3, -0.25) is 9.59 Å². The highest BCUT2D eigenvalue weighted by Crippen LogP contribution is 2.26. The van der Waals surface area contributed by atoms with Crippen LogP contribution in [0.15, 0.2) is 24.3 Å². The lowest BCUT2D eigenvalue weighted by atomic mass is 9.85. The normalized spacial score (nSPS) is 14.5. The maximum Gasteiger partial charge on any atom is 0.223 e. The summed E-state index contributed by atoms with van der Waals surface area (Å²) >= 11 is 0. The molecule has 5 heteroatoms. The van der Waals surface area contributed by atoms with Crippen LogP contribution in [0, 0.1) is 11.7 Å².